The van der Waals surface area contributed by atoms with E-state index in [1.54, 1.807) is 0 Å². The van der Waals surface area contributed by atoms with Gasteiger partial charge in [-0.25, -0.2) is 0 Å². The maximum Gasteiger partial charge on any atom is 0.00194 e. The fraction of sp³-hybridized carbons (Fsp3) is 1.00. The Labute approximate surface area is 50.7 Å². The molecule has 0 spiro atoms. The van der Waals surface area contributed by atoms with Crippen molar-refractivity contribution in [3.63, 3.8) is 0 Å². The Morgan fingerprint density at radius 2 is 2.14 bits per heavy atom. The monoisotopic (exact) mass is 116 g/mol. The zero-order chi connectivity index (χ0) is 5.28. The lowest BCUT2D eigenvalue weighted by Crippen LogP contribution is -1.88. The Kier molecular flexibility index (Phi) is 1.63. The van der Waals surface area contributed by atoms with Crippen LogP contribution in [0.5, 0.6) is 0 Å². The molecule has 0 saturated heterocycles. The third kappa shape index (κ3) is 1.37. The predicted octanol–water partition coefficient (Wildman–Crippen LogP) is 2.10. The lowest BCUT2D eigenvalue weighted by atomic mass is 10.1. The van der Waals surface area contributed by atoms with E-state index in [4.69, 9.17) is 0 Å². The van der Waals surface area contributed by atoms with Crippen molar-refractivity contribution in [2.75, 3.05) is 0 Å². The summed E-state index contributed by atoms with van der Waals surface area (Å²) in [6.07, 6.45) is 4.07. The number of hydrogen-bond acceptors (Lipinski definition) is 1. The lowest BCUT2D eigenvalue weighted by molar-refractivity contribution is 0.614. The molecule has 1 saturated carbocycles. The highest BCUT2D eigenvalue weighted by molar-refractivity contribution is 7.80. The normalized spacial score (nSPS) is 42.0. The predicted molar refractivity (Wildman–Crippen MR) is 35.8 cm³/mol. The molecule has 7 heavy (non-hydrogen) atoms. The van der Waals surface area contributed by atoms with Gasteiger partial charge in [-0.1, -0.05) is 6.92 Å². The summed E-state index contributed by atoms with van der Waals surface area (Å²) in [4.78, 5) is 0. The summed E-state index contributed by atoms with van der Waals surface area (Å²) in [5.74, 6) is 0.947. The van der Waals surface area contributed by atoms with Crippen LogP contribution in [0, 0.1) is 5.92 Å². The molecule has 0 N–H and O–H groups in total. The first-order valence-electron chi connectivity index (χ1n) is 2.97. The molecule has 0 aromatic carbocycles. The van der Waals surface area contributed by atoms with Crippen LogP contribution in [0.15, 0.2) is 0 Å². The maximum atomic E-state index is 4.35. The van der Waals surface area contributed by atoms with Gasteiger partial charge in [0.25, 0.3) is 0 Å². The van der Waals surface area contributed by atoms with Gasteiger partial charge in [-0.05, 0) is 25.2 Å². The van der Waals surface area contributed by atoms with Crippen LogP contribution in [-0.4, -0.2) is 5.25 Å². The van der Waals surface area contributed by atoms with Crippen LogP contribution in [0.3, 0.4) is 0 Å². The third-order valence-corrected chi connectivity index (χ3v) is 2.14. The number of rotatable bonds is 0. The van der Waals surface area contributed by atoms with E-state index in [1.807, 2.05) is 0 Å². The summed E-state index contributed by atoms with van der Waals surface area (Å²) in [6, 6.07) is 0. The van der Waals surface area contributed by atoms with E-state index in [0.29, 0.717) is 0 Å². The lowest BCUT2D eigenvalue weighted by Gasteiger charge is -1.95. The first-order valence-corrected chi connectivity index (χ1v) is 3.48. The van der Waals surface area contributed by atoms with Gasteiger partial charge in [0.1, 0.15) is 0 Å². The minimum absolute atomic E-state index is 0.718. The smallest absolute Gasteiger partial charge is 0.00194 e. The van der Waals surface area contributed by atoms with Crippen molar-refractivity contribution in [2.45, 2.75) is 31.4 Å². The summed E-state index contributed by atoms with van der Waals surface area (Å²) < 4.78 is 0. The van der Waals surface area contributed by atoms with Gasteiger partial charge in [0.05, 0.1) is 0 Å². The van der Waals surface area contributed by atoms with Crippen LogP contribution in [-0.2, 0) is 0 Å². The second-order valence-corrected chi connectivity index (χ2v) is 3.30. The van der Waals surface area contributed by atoms with Gasteiger partial charge in [-0.3, -0.25) is 0 Å². The summed E-state index contributed by atoms with van der Waals surface area (Å²) in [7, 11) is 0. The molecular formula is C6H12S. The average molecular weight is 116 g/mol. The molecule has 0 heterocycles. The third-order valence-electron chi connectivity index (χ3n) is 1.67. The Balaban J connectivity index is 2.26. The Morgan fingerprint density at radius 1 is 1.43 bits per heavy atom. The molecule has 0 radical (unpaired) electrons. The van der Waals surface area contributed by atoms with Gasteiger partial charge < -0.3 is 0 Å². The van der Waals surface area contributed by atoms with Crippen molar-refractivity contribution >= 4 is 12.6 Å². The van der Waals surface area contributed by atoms with Crippen molar-refractivity contribution in [2.24, 2.45) is 5.92 Å². The summed E-state index contributed by atoms with van der Waals surface area (Å²) >= 11 is 4.35. The fourth-order valence-corrected chi connectivity index (χ4v) is 1.69. The highest BCUT2D eigenvalue weighted by atomic mass is 32.1. The van der Waals surface area contributed by atoms with Gasteiger partial charge in [0.15, 0.2) is 0 Å². The SMILES string of the molecule is C[C@H]1CCC(S)C1. The zero-order valence-corrected chi connectivity index (χ0v) is 5.62. The fourth-order valence-electron chi connectivity index (χ4n) is 1.18. The summed E-state index contributed by atoms with van der Waals surface area (Å²) in [5.41, 5.74) is 0. The van der Waals surface area contributed by atoms with Gasteiger partial charge in [-0.15, -0.1) is 0 Å². The van der Waals surface area contributed by atoms with Crippen LogP contribution in [0.25, 0.3) is 0 Å². The zero-order valence-electron chi connectivity index (χ0n) is 4.72. The van der Waals surface area contributed by atoms with E-state index in [2.05, 4.69) is 19.6 Å². The molecule has 0 aliphatic heterocycles. The molecule has 42 valence electrons. The van der Waals surface area contributed by atoms with Crippen LogP contribution in [0.4, 0.5) is 0 Å². The van der Waals surface area contributed by atoms with Gasteiger partial charge in [-0.2, -0.15) is 12.6 Å². The Bertz CT molecular complexity index is 53.2. The molecule has 0 bridgehead atoms. The van der Waals surface area contributed by atoms with E-state index >= 15 is 0 Å². The van der Waals surface area contributed by atoms with E-state index in [0.717, 1.165) is 11.2 Å². The topological polar surface area (TPSA) is 0 Å². The quantitative estimate of drug-likeness (QED) is 0.460. The standard InChI is InChI=1S/C6H12S/c1-5-2-3-6(7)4-5/h5-7H,2-4H2,1H3/t5-,6?/m0/s1. The minimum Gasteiger partial charge on any atom is -0.176 e. The van der Waals surface area contributed by atoms with Crippen LogP contribution >= 0.6 is 12.6 Å². The molecule has 1 unspecified atom stereocenters. The average Bonchev–Trinajstić information content (AvgIpc) is 1.87. The number of thiol groups is 1. The summed E-state index contributed by atoms with van der Waals surface area (Å²) in [5, 5.41) is 0.718. The molecule has 0 aromatic heterocycles. The molecule has 0 amide bonds. The first kappa shape index (κ1) is 5.49. The maximum absolute atomic E-state index is 4.35. The Hall–Kier alpha value is 0.350. The largest absolute Gasteiger partial charge is 0.176 e. The van der Waals surface area contributed by atoms with Crippen molar-refractivity contribution in [1.82, 2.24) is 0 Å². The van der Waals surface area contributed by atoms with Crippen LogP contribution in [0.1, 0.15) is 26.2 Å². The molecule has 0 aromatic rings. The molecule has 2 atom stereocenters. The van der Waals surface area contributed by atoms with Crippen LogP contribution in [0.2, 0.25) is 0 Å². The van der Waals surface area contributed by atoms with Crippen molar-refractivity contribution in [1.29, 1.82) is 0 Å². The second-order valence-electron chi connectivity index (χ2n) is 2.57. The minimum atomic E-state index is 0.718. The molecule has 1 aliphatic carbocycles. The molecule has 1 aliphatic rings. The van der Waals surface area contributed by atoms with E-state index in [1.165, 1.54) is 19.3 Å². The highest BCUT2D eigenvalue weighted by Gasteiger charge is 2.16. The molecular weight excluding hydrogens is 104 g/mol. The molecule has 1 rings (SSSR count). The van der Waals surface area contributed by atoms with Gasteiger partial charge in [0, 0.05) is 5.25 Å². The Morgan fingerprint density at radius 3 is 2.29 bits per heavy atom. The molecule has 1 heteroatoms. The van der Waals surface area contributed by atoms with E-state index in [-0.39, 0.29) is 0 Å². The van der Waals surface area contributed by atoms with Crippen molar-refractivity contribution < 1.29 is 0 Å². The number of hydrogen-bond donors (Lipinski definition) is 1. The van der Waals surface area contributed by atoms with Gasteiger partial charge >= 0.3 is 0 Å². The summed E-state index contributed by atoms with van der Waals surface area (Å²) in [6.45, 7) is 2.30. The van der Waals surface area contributed by atoms with E-state index < -0.39 is 0 Å². The van der Waals surface area contributed by atoms with Crippen LogP contribution < -0.4 is 0 Å². The van der Waals surface area contributed by atoms with Crippen molar-refractivity contribution in [3.05, 3.63) is 0 Å². The van der Waals surface area contributed by atoms with E-state index in [9.17, 15) is 0 Å². The second kappa shape index (κ2) is 2.08. The van der Waals surface area contributed by atoms with Crippen molar-refractivity contribution in [3.8, 4) is 0 Å². The molecule has 0 nitrogen and oxygen atoms in total. The van der Waals surface area contributed by atoms with Gasteiger partial charge in [0.2, 0.25) is 0 Å². The molecule has 1 fully saturated rings. The first-order chi connectivity index (χ1) is 3.29. The highest BCUT2D eigenvalue weighted by Crippen LogP contribution is 2.27.